The molecule has 25 heavy (non-hydrogen) atoms. The molecule has 2 aromatic rings. The first-order valence-electron chi connectivity index (χ1n) is 9.00. The van der Waals surface area contributed by atoms with E-state index in [-0.39, 0.29) is 18.1 Å². The molecule has 1 saturated heterocycles. The van der Waals surface area contributed by atoms with Crippen LogP contribution in [0.4, 0.5) is 0 Å². The lowest BCUT2D eigenvalue weighted by atomic mass is 9.96. The number of aromatic nitrogens is 3. The average molecular weight is 342 g/mol. The molecule has 0 saturated carbocycles. The molecule has 0 aromatic carbocycles. The van der Waals surface area contributed by atoms with E-state index in [0.29, 0.717) is 24.8 Å². The Morgan fingerprint density at radius 1 is 1.40 bits per heavy atom. The van der Waals surface area contributed by atoms with Crippen LogP contribution in [0.15, 0.2) is 30.6 Å². The number of carbonyl (C=O) groups is 1. The molecule has 6 heteroatoms. The van der Waals surface area contributed by atoms with Gasteiger partial charge in [0.25, 0.3) is 5.91 Å². The van der Waals surface area contributed by atoms with Gasteiger partial charge in [0.15, 0.2) is 0 Å². The second-order valence-corrected chi connectivity index (χ2v) is 6.72. The van der Waals surface area contributed by atoms with Gasteiger partial charge in [0.2, 0.25) is 0 Å². The second-order valence-electron chi connectivity index (χ2n) is 6.72. The molecule has 0 radical (unpaired) electrons. The molecule has 3 rings (SSSR count). The SMILES string of the molecule is CCn1nc(C(C)C)cc1C(=O)N[C@H]1CCCO[C@@H]1c1ccncc1. The van der Waals surface area contributed by atoms with Crippen molar-refractivity contribution in [3.8, 4) is 0 Å². The van der Waals surface area contributed by atoms with Gasteiger partial charge in [-0.05, 0) is 49.4 Å². The Labute approximate surface area is 148 Å². The maximum atomic E-state index is 12.9. The average Bonchev–Trinajstić information content (AvgIpc) is 3.08. The van der Waals surface area contributed by atoms with Crippen LogP contribution in [0.25, 0.3) is 0 Å². The summed E-state index contributed by atoms with van der Waals surface area (Å²) in [6, 6.07) is 5.74. The molecule has 0 spiro atoms. The maximum absolute atomic E-state index is 12.9. The molecule has 6 nitrogen and oxygen atoms in total. The molecular formula is C19H26N4O2. The van der Waals surface area contributed by atoms with Gasteiger partial charge in [-0.15, -0.1) is 0 Å². The number of nitrogens with one attached hydrogen (secondary N) is 1. The van der Waals surface area contributed by atoms with Crippen molar-refractivity contribution in [2.24, 2.45) is 0 Å². The number of ether oxygens (including phenoxy) is 1. The highest BCUT2D eigenvalue weighted by molar-refractivity contribution is 5.93. The molecule has 0 bridgehead atoms. The highest BCUT2D eigenvalue weighted by Crippen LogP contribution is 2.28. The summed E-state index contributed by atoms with van der Waals surface area (Å²) in [6.45, 7) is 7.54. The van der Waals surface area contributed by atoms with Crippen molar-refractivity contribution < 1.29 is 9.53 Å². The van der Waals surface area contributed by atoms with Gasteiger partial charge in [-0.3, -0.25) is 14.5 Å². The topological polar surface area (TPSA) is 69.0 Å². The Balaban J connectivity index is 1.79. The van der Waals surface area contributed by atoms with E-state index in [1.165, 1.54) is 0 Å². The summed E-state index contributed by atoms with van der Waals surface area (Å²) in [6.07, 6.45) is 5.22. The zero-order valence-electron chi connectivity index (χ0n) is 15.1. The van der Waals surface area contributed by atoms with Crippen LogP contribution >= 0.6 is 0 Å². The normalized spacial score (nSPS) is 20.6. The van der Waals surface area contributed by atoms with Crippen LogP contribution in [0.1, 0.15) is 67.4 Å². The molecular weight excluding hydrogens is 316 g/mol. The number of hydrogen-bond donors (Lipinski definition) is 1. The van der Waals surface area contributed by atoms with Crippen molar-refractivity contribution in [2.75, 3.05) is 6.61 Å². The van der Waals surface area contributed by atoms with Gasteiger partial charge >= 0.3 is 0 Å². The highest BCUT2D eigenvalue weighted by atomic mass is 16.5. The monoisotopic (exact) mass is 342 g/mol. The third kappa shape index (κ3) is 3.90. The Morgan fingerprint density at radius 3 is 2.84 bits per heavy atom. The van der Waals surface area contributed by atoms with E-state index in [1.54, 1.807) is 17.1 Å². The first-order valence-corrected chi connectivity index (χ1v) is 9.00. The number of pyridine rings is 1. The minimum atomic E-state index is -0.136. The third-order valence-corrected chi connectivity index (χ3v) is 4.60. The summed E-state index contributed by atoms with van der Waals surface area (Å²) in [5.74, 6) is 0.206. The fourth-order valence-corrected chi connectivity index (χ4v) is 3.20. The van der Waals surface area contributed by atoms with Crippen LogP contribution in [-0.2, 0) is 11.3 Å². The number of aryl methyl sites for hydroxylation is 1. The number of hydrogen-bond acceptors (Lipinski definition) is 4. The first kappa shape index (κ1) is 17.6. The summed E-state index contributed by atoms with van der Waals surface area (Å²) in [5.41, 5.74) is 2.61. The summed E-state index contributed by atoms with van der Waals surface area (Å²) in [4.78, 5) is 16.9. The molecule has 1 N–H and O–H groups in total. The van der Waals surface area contributed by atoms with Gasteiger partial charge in [0.05, 0.1) is 11.7 Å². The predicted molar refractivity (Wildman–Crippen MR) is 95.4 cm³/mol. The molecule has 2 aromatic heterocycles. The molecule has 0 unspecified atom stereocenters. The zero-order chi connectivity index (χ0) is 17.8. The number of nitrogens with zero attached hydrogens (tertiary/aromatic N) is 3. The predicted octanol–water partition coefficient (Wildman–Crippen LogP) is 3.07. The molecule has 3 heterocycles. The van der Waals surface area contributed by atoms with E-state index in [1.807, 2.05) is 25.1 Å². The standard InChI is InChI=1S/C19H26N4O2/c1-4-23-17(12-16(22-23)13(2)3)19(24)21-15-6-5-11-25-18(15)14-7-9-20-10-8-14/h7-10,12-13,15,18H,4-6,11H2,1-3H3,(H,21,24)/t15-,18+/m0/s1. The van der Waals surface area contributed by atoms with Crippen LogP contribution in [0, 0.1) is 0 Å². The Morgan fingerprint density at radius 2 is 2.16 bits per heavy atom. The number of rotatable bonds is 5. The van der Waals surface area contributed by atoms with Crippen molar-refractivity contribution in [1.82, 2.24) is 20.1 Å². The molecule has 1 amide bonds. The van der Waals surface area contributed by atoms with Crippen LogP contribution in [0.5, 0.6) is 0 Å². The number of carbonyl (C=O) groups excluding carboxylic acids is 1. The maximum Gasteiger partial charge on any atom is 0.269 e. The molecule has 134 valence electrons. The van der Waals surface area contributed by atoms with E-state index in [2.05, 4.69) is 29.2 Å². The second kappa shape index (κ2) is 7.78. The van der Waals surface area contributed by atoms with E-state index >= 15 is 0 Å². The van der Waals surface area contributed by atoms with Gasteiger partial charge in [-0.1, -0.05) is 13.8 Å². The van der Waals surface area contributed by atoms with Gasteiger partial charge < -0.3 is 10.1 Å². The lowest BCUT2D eigenvalue weighted by molar-refractivity contribution is -0.00960. The fraction of sp³-hybridized carbons (Fsp3) is 0.526. The van der Waals surface area contributed by atoms with Gasteiger partial charge in [-0.2, -0.15) is 5.10 Å². The fourth-order valence-electron chi connectivity index (χ4n) is 3.20. The summed E-state index contributed by atoms with van der Waals surface area (Å²) < 4.78 is 7.72. The first-order chi connectivity index (χ1) is 12.1. The van der Waals surface area contributed by atoms with Crippen molar-refractivity contribution in [2.45, 2.75) is 58.2 Å². The van der Waals surface area contributed by atoms with Gasteiger partial charge in [0, 0.05) is 25.5 Å². The van der Waals surface area contributed by atoms with E-state index in [4.69, 9.17) is 4.74 Å². The minimum Gasteiger partial charge on any atom is -0.371 e. The van der Waals surface area contributed by atoms with Gasteiger partial charge in [0.1, 0.15) is 11.8 Å². The van der Waals surface area contributed by atoms with Crippen LogP contribution in [-0.4, -0.2) is 33.3 Å². The quantitative estimate of drug-likeness (QED) is 0.907. The third-order valence-electron chi connectivity index (χ3n) is 4.60. The van der Waals surface area contributed by atoms with Crippen LogP contribution < -0.4 is 5.32 Å². The molecule has 1 aliphatic rings. The largest absolute Gasteiger partial charge is 0.371 e. The highest BCUT2D eigenvalue weighted by Gasteiger charge is 2.30. The minimum absolute atomic E-state index is 0.0497. The van der Waals surface area contributed by atoms with E-state index in [9.17, 15) is 4.79 Å². The van der Waals surface area contributed by atoms with Crippen LogP contribution in [0.2, 0.25) is 0 Å². The lowest BCUT2D eigenvalue weighted by Gasteiger charge is -2.32. The molecule has 0 aliphatic carbocycles. The van der Waals surface area contributed by atoms with E-state index < -0.39 is 0 Å². The van der Waals surface area contributed by atoms with Crippen molar-refractivity contribution >= 4 is 5.91 Å². The van der Waals surface area contributed by atoms with Crippen molar-refractivity contribution in [3.63, 3.8) is 0 Å². The van der Waals surface area contributed by atoms with E-state index in [0.717, 1.165) is 24.1 Å². The Hall–Kier alpha value is -2.21. The molecule has 1 fully saturated rings. The van der Waals surface area contributed by atoms with Crippen molar-refractivity contribution in [3.05, 3.63) is 47.5 Å². The molecule has 1 aliphatic heterocycles. The molecule has 2 atom stereocenters. The van der Waals surface area contributed by atoms with Crippen LogP contribution in [0.3, 0.4) is 0 Å². The van der Waals surface area contributed by atoms with Gasteiger partial charge in [-0.25, -0.2) is 0 Å². The smallest absolute Gasteiger partial charge is 0.269 e. The summed E-state index contributed by atoms with van der Waals surface area (Å²) in [5, 5.41) is 7.70. The number of amides is 1. The Bertz CT molecular complexity index is 711. The van der Waals surface area contributed by atoms with Crippen molar-refractivity contribution in [1.29, 1.82) is 0 Å². The summed E-state index contributed by atoms with van der Waals surface area (Å²) in [7, 11) is 0. The zero-order valence-corrected chi connectivity index (χ0v) is 15.1. The summed E-state index contributed by atoms with van der Waals surface area (Å²) >= 11 is 0. The Kier molecular flexibility index (Phi) is 5.48. The lowest BCUT2D eigenvalue weighted by Crippen LogP contribution is -2.43.